The highest BCUT2D eigenvalue weighted by Crippen LogP contribution is 2.21. The van der Waals surface area contributed by atoms with Crippen molar-refractivity contribution in [2.45, 2.75) is 65.0 Å². The molecule has 2 unspecified atom stereocenters. The van der Waals surface area contributed by atoms with E-state index >= 15 is 0 Å². The van der Waals surface area contributed by atoms with Gasteiger partial charge in [0, 0.05) is 12.6 Å². The van der Waals surface area contributed by atoms with E-state index in [1.807, 2.05) is 6.92 Å². The summed E-state index contributed by atoms with van der Waals surface area (Å²) in [5.41, 5.74) is -0.563. The molecule has 1 aliphatic heterocycles. The van der Waals surface area contributed by atoms with E-state index in [0.717, 1.165) is 25.3 Å². The topological polar surface area (TPSA) is 41.6 Å². The van der Waals surface area contributed by atoms with Gasteiger partial charge in [0.1, 0.15) is 5.54 Å². The summed E-state index contributed by atoms with van der Waals surface area (Å²) in [5, 5.41) is 3.36. The number of likely N-dealkylation sites (tertiary alicyclic amines) is 1. The molecule has 0 aromatic carbocycles. The zero-order chi connectivity index (χ0) is 15.2. The molecule has 1 rings (SSSR count). The lowest BCUT2D eigenvalue weighted by Crippen LogP contribution is -2.53. The van der Waals surface area contributed by atoms with Crippen LogP contribution in [0, 0.1) is 5.92 Å². The van der Waals surface area contributed by atoms with Crippen LogP contribution >= 0.6 is 0 Å². The summed E-state index contributed by atoms with van der Waals surface area (Å²) < 4.78 is 4.96. The molecule has 0 saturated carbocycles. The Morgan fingerprint density at radius 3 is 2.70 bits per heavy atom. The molecule has 4 heteroatoms. The van der Waals surface area contributed by atoms with Gasteiger partial charge < -0.3 is 9.64 Å². The van der Waals surface area contributed by atoms with Crippen molar-refractivity contribution in [1.29, 1.82) is 0 Å². The first-order valence-corrected chi connectivity index (χ1v) is 7.99. The summed E-state index contributed by atoms with van der Waals surface area (Å²) in [6, 6.07) is 0.273. The second kappa shape index (κ2) is 7.99. The van der Waals surface area contributed by atoms with Gasteiger partial charge in [-0.05, 0) is 59.0 Å². The zero-order valence-electron chi connectivity index (χ0n) is 13.9. The van der Waals surface area contributed by atoms with E-state index in [2.05, 4.69) is 31.0 Å². The first-order chi connectivity index (χ1) is 9.41. The van der Waals surface area contributed by atoms with Gasteiger partial charge in [-0.1, -0.05) is 13.3 Å². The van der Waals surface area contributed by atoms with Crippen LogP contribution in [0.2, 0.25) is 0 Å². The molecule has 4 nitrogen and oxygen atoms in total. The molecule has 0 radical (unpaired) electrons. The van der Waals surface area contributed by atoms with Gasteiger partial charge in [0.15, 0.2) is 0 Å². The Bertz CT molecular complexity index is 307. The minimum absolute atomic E-state index is 0.154. The molecule has 1 saturated heterocycles. The van der Waals surface area contributed by atoms with E-state index < -0.39 is 5.54 Å². The second-order valence-electron chi connectivity index (χ2n) is 6.59. The Balaban J connectivity index is 2.41. The van der Waals surface area contributed by atoms with Crippen LogP contribution in [-0.2, 0) is 9.53 Å². The molecule has 0 aliphatic carbocycles. The lowest BCUT2D eigenvalue weighted by molar-refractivity contribution is -0.148. The van der Waals surface area contributed by atoms with Crippen molar-refractivity contribution in [3.63, 3.8) is 0 Å². The minimum Gasteiger partial charge on any atom is -0.468 e. The molecular formula is C16H32N2O2. The highest BCUT2D eigenvalue weighted by molar-refractivity contribution is 5.80. The quantitative estimate of drug-likeness (QED) is 0.695. The number of carbonyl (C=O) groups excluding carboxylic acids is 1. The molecule has 0 bridgehead atoms. The molecule has 0 amide bonds. The van der Waals surface area contributed by atoms with E-state index in [1.165, 1.54) is 33.0 Å². The van der Waals surface area contributed by atoms with Gasteiger partial charge in [0.25, 0.3) is 0 Å². The lowest BCUT2D eigenvalue weighted by atomic mass is 9.94. The average molecular weight is 284 g/mol. The maximum Gasteiger partial charge on any atom is 0.325 e. The highest BCUT2D eigenvalue weighted by atomic mass is 16.5. The summed E-state index contributed by atoms with van der Waals surface area (Å²) >= 11 is 0. The van der Waals surface area contributed by atoms with Crippen LogP contribution < -0.4 is 5.32 Å². The van der Waals surface area contributed by atoms with Crippen LogP contribution in [0.1, 0.15) is 53.4 Å². The smallest absolute Gasteiger partial charge is 0.325 e. The molecule has 1 aliphatic rings. The standard InChI is InChI=1S/C16H32N2O2/c1-6-14-8-11-18(12-14)10-7-9-16(4,15(19)20-5)17-13(2)3/h13-14,17H,6-12H2,1-5H3. The molecule has 2 atom stereocenters. The monoisotopic (exact) mass is 284 g/mol. The maximum atomic E-state index is 12.0. The van der Waals surface area contributed by atoms with Gasteiger partial charge in [0.2, 0.25) is 0 Å². The number of methoxy groups -OCH3 is 1. The van der Waals surface area contributed by atoms with Crippen molar-refractivity contribution < 1.29 is 9.53 Å². The van der Waals surface area contributed by atoms with Gasteiger partial charge >= 0.3 is 5.97 Å². The maximum absolute atomic E-state index is 12.0. The third kappa shape index (κ3) is 5.06. The molecule has 1 N–H and O–H groups in total. The number of rotatable bonds is 8. The zero-order valence-corrected chi connectivity index (χ0v) is 13.9. The van der Waals surface area contributed by atoms with E-state index in [4.69, 9.17) is 4.74 Å². The van der Waals surface area contributed by atoms with Crippen molar-refractivity contribution in [3.8, 4) is 0 Å². The Kier molecular flexibility index (Phi) is 6.96. The molecule has 20 heavy (non-hydrogen) atoms. The third-order valence-corrected chi connectivity index (χ3v) is 4.34. The van der Waals surface area contributed by atoms with Crippen molar-refractivity contribution >= 4 is 5.97 Å². The van der Waals surface area contributed by atoms with E-state index in [0.29, 0.717) is 0 Å². The normalized spacial score (nSPS) is 23.0. The molecule has 1 heterocycles. The Labute approximate surface area is 124 Å². The predicted molar refractivity (Wildman–Crippen MR) is 82.8 cm³/mol. The predicted octanol–water partition coefficient (Wildman–Crippen LogP) is 2.43. The summed E-state index contributed by atoms with van der Waals surface area (Å²) in [4.78, 5) is 14.5. The molecule has 0 aromatic heterocycles. The van der Waals surface area contributed by atoms with E-state index in [9.17, 15) is 4.79 Å². The second-order valence-corrected chi connectivity index (χ2v) is 6.59. The molecular weight excluding hydrogens is 252 g/mol. The number of nitrogens with one attached hydrogen (secondary N) is 1. The highest BCUT2D eigenvalue weighted by Gasteiger charge is 2.34. The molecule has 1 fully saturated rings. The van der Waals surface area contributed by atoms with Crippen molar-refractivity contribution in [2.75, 3.05) is 26.7 Å². The SMILES string of the molecule is CCC1CCN(CCCC(C)(NC(C)C)C(=O)OC)C1. The Hall–Kier alpha value is -0.610. The van der Waals surface area contributed by atoms with Gasteiger partial charge in [-0.3, -0.25) is 10.1 Å². The van der Waals surface area contributed by atoms with Crippen LogP contribution in [0.3, 0.4) is 0 Å². The van der Waals surface area contributed by atoms with E-state index in [-0.39, 0.29) is 12.0 Å². The molecule has 118 valence electrons. The van der Waals surface area contributed by atoms with Crippen molar-refractivity contribution in [3.05, 3.63) is 0 Å². The fourth-order valence-corrected chi connectivity index (χ4v) is 3.20. The van der Waals surface area contributed by atoms with Crippen LogP contribution in [0.25, 0.3) is 0 Å². The summed E-state index contributed by atoms with van der Waals surface area (Å²) in [5.74, 6) is 0.717. The van der Waals surface area contributed by atoms with Crippen molar-refractivity contribution in [2.24, 2.45) is 5.92 Å². The van der Waals surface area contributed by atoms with Gasteiger partial charge in [-0.25, -0.2) is 0 Å². The summed E-state index contributed by atoms with van der Waals surface area (Å²) in [6.07, 6.45) is 4.47. The first kappa shape index (κ1) is 17.4. The Morgan fingerprint density at radius 1 is 1.50 bits per heavy atom. The largest absolute Gasteiger partial charge is 0.468 e. The van der Waals surface area contributed by atoms with Crippen LogP contribution in [0.5, 0.6) is 0 Å². The molecule has 0 aromatic rings. The average Bonchev–Trinajstić information content (AvgIpc) is 2.84. The fraction of sp³-hybridized carbons (Fsp3) is 0.938. The lowest BCUT2D eigenvalue weighted by Gasteiger charge is -2.31. The van der Waals surface area contributed by atoms with Crippen LogP contribution in [0.15, 0.2) is 0 Å². The van der Waals surface area contributed by atoms with Gasteiger partial charge in [-0.2, -0.15) is 0 Å². The number of nitrogens with zero attached hydrogens (tertiary/aromatic N) is 1. The number of ether oxygens (including phenoxy) is 1. The third-order valence-electron chi connectivity index (χ3n) is 4.34. The Morgan fingerprint density at radius 2 is 2.20 bits per heavy atom. The van der Waals surface area contributed by atoms with Crippen LogP contribution in [-0.4, -0.2) is 49.2 Å². The summed E-state index contributed by atoms with van der Waals surface area (Å²) in [7, 11) is 1.47. The van der Waals surface area contributed by atoms with E-state index in [1.54, 1.807) is 0 Å². The summed E-state index contributed by atoms with van der Waals surface area (Å²) in [6.45, 7) is 11.9. The van der Waals surface area contributed by atoms with Crippen molar-refractivity contribution in [1.82, 2.24) is 10.2 Å². The number of esters is 1. The minimum atomic E-state index is -0.563. The number of hydrogen-bond acceptors (Lipinski definition) is 4. The van der Waals surface area contributed by atoms with Gasteiger partial charge in [-0.15, -0.1) is 0 Å². The molecule has 0 spiro atoms. The number of hydrogen-bond donors (Lipinski definition) is 1. The fourth-order valence-electron chi connectivity index (χ4n) is 3.20. The van der Waals surface area contributed by atoms with Gasteiger partial charge in [0.05, 0.1) is 7.11 Å². The van der Waals surface area contributed by atoms with Crippen LogP contribution in [0.4, 0.5) is 0 Å². The first-order valence-electron chi connectivity index (χ1n) is 7.99. The number of carbonyl (C=O) groups is 1.